The largest absolute Gasteiger partial charge is 0.497 e. The Morgan fingerprint density at radius 3 is 2.72 bits per heavy atom. The van der Waals surface area contributed by atoms with E-state index in [1.165, 1.54) is 17.9 Å². The number of aliphatic imine (C=N–C) groups is 1. The maximum atomic E-state index is 12.2. The third-order valence-electron chi connectivity index (χ3n) is 3.90. The van der Waals surface area contributed by atoms with E-state index < -0.39 is 5.56 Å². The quantitative estimate of drug-likeness (QED) is 0.607. The smallest absolute Gasteiger partial charge is 0.264 e. The fourth-order valence-electron chi connectivity index (χ4n) is 2.29. The minimum Gasteiger partial charge on any atom is -0.497 e. The van der Waals surface area contributed by atoms with Crippen LogP contribution in [0.3, 0.4) is 0 Å². The molecule has 1 aromatic heterocycles. The van der Waals surface area contributed by atoms with E-state index in [0.717, 1.165) is 6.42 Å². The summed E-state index contributed by atoms with van der Waals surface area (Å²) in [4.78, 5) is 19.0. The third-order valence-corrected chi connectivity index (χ3v) is 4.20. The molecule has 0 amide bonds. The van der Waals surface area contributed by atoms with Crippen LogP contribution in [0.5, 0.6) is 17.4 Å². The van der Waals surface area contributed by atoms with Gasteiger partial charge in [-0.1, -0.05) is 6.92 Å². The Hall–Kier alpha value is -2.61. The Kier molecular flexibility index (Phi) is 5.97. The zero-order chi connectivity index (χ0) is 18.6. The van der Waals surface area contributed by atoms with Gasteiger partial charge in [-0.15, -0.1) is 0 Å². The van der Waals surface area contributed by atoms with Crippen molar-refractivity contribution in [1.29, 1.82) is 0 Å². The van der Waals surface area contributed by atoms with Crippen LogP contribution in [0.2, 0.25) is 0 Å². The molecule has 2 aromatic rings. The molecule has 0 aliphatic carbocycles. The zero-order valence-electron chi connectivity index (χ0n) is 14.6. The topological polar surface area (TPSA) is 88.8 Å². The standard InChI is InChI=1S/C17H21N3O4S/c1-5-10(2)20-16(22)12(15(21)19-17(20)25)9-18-13-7-6-11(23-3)8-14(13)24-4/h6-10,22H,5H2,1-4H3,(H,19,21,25)/t10-/m0/s1. The highest BCUT2D eigenvalue weighted by atomic mass is 32.1. The molecule has 2 N–H and O–H groups in total. The van der Waals surface area contributed by atoms with E-state index >= 15 is 0 Å². The van der Waals surface area contributed by atoms with Crippen LogP contribution < -0.4 is 15.0 Å². The molecular weight excluding hydrogens is 342 g/mol. The van der Waals surface area contributed by atoms with Crippen LogP contribution in [0, 0.1) is 4.77 Å². The first kappa shape index (κ1) is 18.7. The van der Waals surface area contributed by atoms with Crippen molar-refractivity contribution in [2.75, 3.05) is 14.2 Å². The van der Waals surface area contributed by atoms with Gasteiger partial charge in [0.2, 0.25) is 5.88 Å². The summed E-state index contributed by atoms with van der Waals surface area (Å²) in [6, 6.07) is 5.05. The van der Waals surface area contributed by atoms with Gasteiger partial charge in [0.15, 0.2) is 4.77 Å². The Morgan fingerprint density at radius 2 is 2.12 bits per heavy atom. The molecule has 25 heavy (non-hydrogen) atoms. The number of nitrogens with one attached hydrogen (secondary N) is 1. The number of methoxy groups -OCH3 is 2. The first-order chi connectivity index (χ1) is 11.9. The Labute approximate surface area is 150 Å². The monoisotopic (exact) mass is 363 g/mol. The van der Waals surface area contributed by atoms with E-state index in [1.54, 1.807) is 25.3 Å². The number of aromatic hydroxyl groups is 1. The van der Waals surface area contributed by atoms with E-state index in [4.69, 9.17) is 21.7 Å². The number of ether oxygens (including phenoxy) is 2. The molecule has 1 atom stereocenters. The predicted molar refractivity (Wildman–Crippen MR) is 99.4 cm³/mol. The van der Waals surface area contributed by atoms with Crippen molar-refractivity contribution in [3.05, 3.63) is 38.9 Å². The van der Waals surface area contributed by atoms with Crippen molar-refractivity contribution in [3.8, 4) is 17.4 Å². The maximum absolute atomic E-state index is 12.2. The Morgan fingerprint density at radius 1 is 1.40 bits per heavy atom. The van der Waals surface area contributed by atoms with Crippen molar-refractivity contribution in [3.63, 3.8) is 0 Å². The van der Waals surface area contributed by atoms with E-state index in [2.05, 4.69) is 9.98 Å². The molecule has 0 saturated carbocycles. The molecule has 8 heteroatoms. The van der Waals surface area contributed by atoms with Crippen LogP contribution >= 0.6 is 12.2 Å². The second-order valence-corrected chi connectivity index (χ2v) is 5.81. The van der Waals surface area contributed by atoms with Crippen LogP contribution in [-0.4, -0.2) is 35.1 Å². The lowest BCUT2D eigenvalue weighted by atomic mass is 10.2. The summed E-state index contributed by atoms with van der Waals surface area (Å²) < 4.78 is 12.1. The molecule has 0 unspecified atom stereocenters. The Balaban J connectivity index is 2.52. The predicted octanol–water partition coefficient (Wildman–Crippen LogP) is 3.35. The molecule has 0 radical (unpaired) electrons. The number of H-pyrrole nitrogens is 1. The van der Waals surface area contributed by atoms with Crippen molar-refractivity contribution < 1.29 is 14.6 Å². The summed E-state index contributed by atoms with van der Waals surface area (Å²) in [5.74, 6) is 0.905. The molecule has 0 aliphatic heterocycles. The van der Waals surface area contributed by atoms with E-state index in [9.17, 15) is 9.90 Å². The van der Waals surface area contributed by atoms with E-state index in [0.29, 0.717) is 17.2 Å². The zero-order valence-corrected chi connectivity index (χ0v) is 15.4. The highest BCUT2D eigenvalue weighted by molar-refractivity contribution is 7.71. The van der Waals surface area contributed by atoms with Crippen molar-refractivity contribution in [1.82, 2.24) is 9.55 Å². The average Bonchev–Trinajstić information content (AvgIpc) is 2.60. The van der Waals surface area contributed by atoms with Crippen LogP contribution in [0.4, 0.5) is 5.69 Å². The van der Waals surface area contributed by atoms with Gasteiger partial charge < -0.3 is 14.6 Å². The van der Waals surface area contributed by atoms with Crippen LogP contribution in [-0.2, 0) is 0 Å². The van der Waals surface area contributed by atoms with Gasteiger partial charge in [-0.3, -0.25) is 19.3 Å². The molecule has 1 heterocycles. The minimum absolute atomic E-state index is 0.0340. The van der Waals surface area contributed by atoms with Crippen LogP contribution in [0.1, 0.15) is 31.9 Å². The van der Waals surface area contributed by atoms with Gasteiger partial charge in [0, 0.05) is 18.3 Å². The average molecular weight is 363 g/mol. The molecular formula is C17H21N3O4S. The molecule has 0 bridgehead atoms. The SMILES string of the molecule is CC[C@H](C)n1c(O)c(C=Nc2ccc(OC)cc2OC)c(=O)[nH]c1=S. The second-order valence-electron chi connectivity index (χ2n) is 5.42. The van der Waals surface area contributed by atoms with Gasteiger partial charge in [-0.25, -0.2) is 0 Å². The highest BCUT2D eigenvalue weighted by Gasteiger charge is 2.15. The molecule has 0 aliphatic rings. The van der Waals surface area contributed by atoms with Gasteiger partial charge >= 0.3 is 0 Å². The number of aromatic nitrogens is 2. The van der Waals surface area contributed by atoms with Gasteiger partial charge in [0.25, 0.3) is 5.56 Å². The van der Waals surface area contributed by atoms with Crippen molar-refractivity contribution in [2.45, 2.75) is 26.3 Å². The lowest BCUT2D eigenvalue weighted by molar-refractivity contribution is 0.371. The molecule has 1 aromatic carbocycles. The number of nitrogens with zero attached hydrogens (tertiary/aromatic N) is 2. The first-order valence-electron chi connectivity index (χ1n) is 7.76. The fourth-order valence-corrected chi connectivity index (χ4v) is 2.64. The molecule has 0 spiro atoms. The number of aromatic amines is 1. The molecule has 134 valence electrons. The molecule has 7 nitrogen and oxygen atoms in total. The molecule has 2 rings (SSSR count). The second kappa shape index (κ2) is 7.98. The Bertz CT molecular complexity index is 902. The number of hydrogen-bond donors (Lipinski definition) is 2. The van der Waals surface area contributed by atoms with Crippen LogP contribution in [0.15, 0.2) is 28.0 Å². The van der Waals surface area contributed by atoms with E-state index in [1.807, 2.05) is 13.8 Å². The van der Waals surface area contributed by atoms with E-state index in [-0.39, 0.29) is 22.3 Å². The fraction of sp³-hybridized carbons (Fsp3) is 0.353. The van der Waals surface area contributed by atoms with Gasteiger partial charge in [0.05, 0.1) is 14.2 Å². The summed E-state index contributed by atoms with van der Waals surface area (Å²) in [5.41, 5.74) is 0.0321. The maximum Gasteiger partial charge on any atom is 0.264 e. The summed E-state index contributed by atoms with van der Waals surface area (Å²) >= 11 is 5.14. The van der Waals surface area contributed by atoms with Crippen molar-refractivity contribution in [2.24, 2.45) is 4.99 Å². The lowest BCUT2D eigenvalue weighted by Gasteiger charge is -2.16. The number of benzene rings is 1. The van der Waals surface area contributed by atoms with Gasteiger partial charge in [-0.05, 0) is 37.7 Å². The molecule has 0 fully saturated rings. The summed E-state index contributed by atoms with van der Waals surface area (Å²) in [5, 5.41) is 10.5. The highest BCUT2D eigenvalue weighted by Crippen LogP contribution is 2.31. The molecule has 0 saturated heterocycles. The first-order valence-corrected chi connectivity index (χ1v) is 8.17. The summed E-state index contributed by atoms with van der Waals surface area (Å²) in [6.07, 6.45) is 2.04. The lowest BCUT2D eigenvalue weighted by Crippen LogP contribution is -2.20. The van der Waals surface area contributed by atoms with Gasteiger partial charge in [0.1, 0.15) is 22.7 Å². The summed E-state index contributed by atoms with van der Waals surface area (Å²) in [6.45, 7) is 3.87. The number of rotatable bonds is 6. The van der Waals surface area contributed by atoms with Crippen molar-refractivity contribution >= 4 is 24.1 Å². The third kappa shape index (κ3) is 3.90. The minimum atomic E-state index is -0.502. The normalized spacial score (nSPS) is 12.3. The van der Waals surface area contributed by atoms with Crippen LogP contribution in [0.25, 0.3) is 0 Å². The summed E-state index contributed by atoms with van der Waals surface area (Å²) in [7, 11) is 3.07. The van der Waals surface area contributed by atoms with Gasteiger partial charge in [-0.2, -0.15) is 0 Å². The number of hydrogen-bond acceptors (Lipinski definition) is 6.